The first kappa shape index (κ1) is 15.3. The van der Waals surface area contributed by atoms with Crippen molar-refractivity contribution in [2.75, 3.05) is 13.2 Å². The molecule has 1 aromatic carbocycles. The largest absolute Gasteiger partial charge is 0.487 e. The van der Waals surface area contributed by atoms with Crippen LogP contribution in [0.1, 0.15) is 50.7 Å². The van der Waals surface area contributed by atoms with Gasteiger partial charge in [-0.25, -0.2) is 0 Å². The number of aliphatic hydroxyl groups is 1. The second-order valence-corrected chi connectivity index (χ2v) is 6.26. The molecule has 0 spiro atoms. The lowest BCUT2D eigenvalue weighted by Gasteiger charge is -2.18. The van der Waals surface area contributed by atoms with Crippen molar-refractivity contribution in [3.8, 4) is 5.75 Å². The Morgan fingerprint density at radius 3 is 2.80 bits per heavy atom. The van der Waals surface area contributed by atoms with Crippen LogP contribution in [0, 0.1) is 0 Å². The quantitative estimate of drug-likeness (QED) is 0.718. The third kappa shape index (κ3) is 4.22. The molecular formula is C17H27NO2. The highest BCUT2D eigenvalue weighted by molar-refractivity contribution is 5.45. The van der Waals surface area contributed by atoms with E-state index >= 15 is 0 Å². The van der Waals surface area contributed by atoms with Crippen LogP contribution in [0.2, 0.25) is 0 Å². The van der Waals surface area contributed by atoms with E-state index in [-0.39, 0.29) is 5.60 Å². The minimum atomic E-state index is -0.0667. The molecule has 0 atom stereocenters. The molecule has 2 rings (SSSR count). The lowest BCUT2D eigenvalue weighted by Crippen LogP contribution is -2.25. The van der Waals surface area contributed by atoms with Gasteiger partial charge in [0.25, 0.3) is 0 Å². The zero-order valence-corrected chi connectivity index (χ0v) is 12.7. The van der Waals surface area contributed by atoms with E-state index in [1.807, 2.05) is 0 Å². The Labute approximate surface area is 122 Å². The van der Waals surface area contributed by atoms with Crippen molar-refractivity contribution < 1.29 is 9.84 Å². The second-order valence-electron chi connectivity index (χ2n) is 6.26. The lowest BCUT2D eigenvalue weighted by molar-refractivity contribution is 0.137. The summed E-state index contributed by atoms with van der Waals surface area (Å²) in [7, 11) is 0. The fourth-order valence-corrected chi connectivity index (χ4v) is 2.76. The molecule has 0 radical (unpaired) electrons. The fraction of sp³-hybridized carbons (Fsp3) is 0.647. The third-order valence-electron chi connectivity index (χ3n) is 3.75. The first-order valence-corrected chi connectivity index (χ1v) is 7.74. The molecule has 1 aliphatic rings. The monoisotopic (exact) mass is 277 g/mol. The molecule has 0 aromatic heterocycles. The second kappa shape index (κ2) is 7.09. The summed E-state index contributed by atoms with van der Waals surface area (Å²) in [5.41, 5.74) is 2.53. The van der Waals surface area contributed by atoms with E-state index in [0.717, 1.165) is 38.1 Å². The molecule has 0 saturated heterocycles. The van der Waals surface area contributed by atoms with Crippen LogP contribution in [0.3, 0.4) is 0 Å². The highest BCUT2D eigenvalue weighted by Crippen LogP contribution is 2.37. The van der Waals surface area contributed by atoms with Gasteiger partial charge in [-0.05, 0) is 38.8 Å². The summed E-state index contributed by atoms with van der Waals surface area (Å²) in [6, 6.07) is 6.45. The van der Waals surface area contributed by atoms with Crippen molar-refractivity contribution in [3.63, 3.8) is 0 Å². The van der Waals surface area contributed by atoms with E-state index in [2.05, 4.69) is 37.4 Å². The van der Waals surface area contributed by atoms with Crippen LogP contribution in [-0.2, 0) is 13.0 Å². The van der Waals surface area contributed by atoms with Gasteiger partial charge in [0.1, 0.15) is 11.4 Å². The first-order valence-electron chi connectivity index (χ1n) is 7.74. The van der Waals surface area contributed by atoms with Crippen LogP contribution >= 0.6 is 0 Å². The molecule has 0 fully saturated rings. The van der Waals surface area contributed by atoms with Crippen LogP contribution in [0.15, 0.2) is 18.2 Å². The lowest BCUT2D eigenvalue weighted by atomic mass is 10.0. The molecule has 0 saturated carbocycles. The van der Waals surface area contributed by atoms with Gasteiger partial charge in [0.2, 0.25) is 0 Å². The number of para-hydroxylation sites is 1. The Bertz CT molecular complexity index is 429. The van der Waals surface area contributed by atoms with Gasteiger partial charge in [-0.2, -0.15) is 0 Å². The molecule has 3 heteroatoms. The zero-order valence-electron chi connectivity index (χ0n) is 12.7. The maximum Gasteiger partial charge on any atom is 0.127 e. The molecular weight excluding hydrogens is 250 g/mol. The van der Waals surface area contributed by atoms with Crippen LogP contribution < -0.4 is 10.1 Å². The molecule has 1 aromatic rings. The van der Waals surface area contributed by atoms with Crippen LogP contribution in [-0.4, -0.2) is 23.9 Å². The van der Waals surface area contributed by atoms with Crippen LogP contribution in [0.25, 0.3) is 0 Å². The third-order valence-corrected chi connectivity index (χ3v) is 3.75. The Balaban J connectivity index is 1.76. The normalized spacial score (nSPS) is 15.9. The van der Waals surface area contributed by atoms with E-state index in [0.29, 0.717) is 6.61 Å². The SMILES string of the molecule is CC1(C)Cc2cccc(CNCCCCCCO)c2O1. The molecule has 3 nitrogen and oxygen atoms in total. The smallest absolute Gasteiger partial charge is 0.127 e. The summed E-state index contributed by atoms with van der Waals surface area (Å²) < 4.78 is 6.07. The van der Waals surface area contributed by atoms with Crippen molar-refractivity contribution in [2.24, 2.45) is 0 Å². The van der Waals surface area contributed by atoms with E-state index < -0.39 is 0 Å². The molecule has 20 heavy (non-hydrogen) atoms. The van der Waals surface area contributed by atoms with Crippen molar-refractivity contribution >= 4 is 0 Å². The minimum Gasteiger partial charge on any atom is -0.487 e. The maximum absolute atomic E-state index is 8.72. The Morgan fingerprint density at radius 1 is 1.20 bits per heavy atom. The van der Waals surface area contributed by atoms with E-state index in [1.54, 1.807) is 0 Å². The fourth-order valence-electron chi connectivity index (χ4n) is 2.76. The van der Waals surface area contributed by atoms with Gasteiger partial charge in [-0.3, -0.25) is 0 Å². The number of ether oxygens (including phenoxy) is 1. The Kier molecular flexibility index (Phi) is 5.44. The number of fused-ring (bicyclic) bond motifs is 1. The average Bonchev–Trinajstić information content (AvgIpc) is 2.72. The number of nitrogens with one attached hydrogen (secondary N) is 1. The molecule has 1 heterocycles. The predicted octanol–water partition coefficient (Wildman–Crippen LogP) is 3.04. The summed E-state index contributed by atoms with van der Waals surface area (Å²) in [5.74, 6) is 1.09. The molecule has 0 aliphatic carbocycles. The van der Waals surface area contributed by atoms with E-state index in [1.165, 1.54) is 24.0 Å². The molecule has 112 valence electrons. The summed E-state index contributed by atoms with van der Waals surface area (Å²) in [4.78, 5) is 0. The van der Waals surface area contributed by atoms with Crippen molar-refractivity contribution in [1.29, 1.82) is 0 Å². The predicted molar refractivity (Wildman–Crippen MR) is 82.1 cm³/mol. The molecule has 2 N–H and O–H groups in total. The van der Waals surface area contributed by atoms with Gasteiger partial charge in [-0.15, -0.1) is 0 Å². The number of hydrogen-bond acceptors (Lipinski definition) is 3. The number of benzene rings is 1. The van der Waals surface area contributed by atoms with Gasteiger partial charge in [0, 0.05) is 25.1 Å². The zero-order chi connectivity index (χ0) is 14.4. The highest BCUT2D eigenvalue weighted by Gasteiger charge is 2.31. The van der Waals surface area contributed by atoms with Crippen molar-refractivity contribution in [3.05, 3.63) is 29.3 Å². The van der Waals surface area contributed by atoms with Gasteiger partial charge in [0.15, 0.2) is 0 Å². The van der Waals surface area contributed by atoms with Gasteiger partial charge in [0.05, 0.1) is 0 Å². The molecule has 1 aliphatic heterocycles. The summed E-state index contributed by atoms with van der Waals surface area (Å²) in [5, 5.41) is 12.2. The van der Waals surface area contributed by atoms with Crippen molar-refractivity contribution in [2.45, 2.75) is 58.1 Å². The number of unbranched alkanes of at least 4 members (excludes halogenated alkanes) is 3. The Morgan fingerprint density at radius 2 is 2.00 bits per heavy atom. The van der Waals surface area contributed by atoms with Gasteiger partial charge >= 0.3 is 0 Å². The van der Waals surface area contributed by atoms with E-state index in [9.17, 15) is 0 Å². The molecule has 0 amide bonds. The number of hydrogen-bond donors (Lipinski definition) is 2. The topological polar surface area (TPSA) is 41.5 Å². The molecule has 0 unspecified atom stereocenters. The van der Waals surface area contributed by atoms with Gasteiger partial charge in [-0.1, -0.05) is 31.0 Å². The summed E-state index contributed by atoms with van der Waals surface area (Å²) >= 11 is 0. The molecule has 0 bridgehead atoms. The summed E-state index contributed by atoms with van der Waals surface area (Å²) in [6.07, 6.45) is 5.40. The van der Waals surface area contributed by atoms with Crippen molar-refractivity contribution in [1.82, 2.24) is 5.32 Å². The van der Waals surface area contributed by atoms with Gasteiger partial charge < -0.3 is 15.2 Å². The highest BCUT2D eigenvalue weighted by atomic mass is 16.5. The Hall–Kier alpha value is -1.06. The van der Waals surface area contributed by atoms with Crippen LogP contribution in [0.4, 0.5) is 0 Å². The van der Waals surface area contributed by atoms with Crippen LogP contribution in [0.5, 0.6) is 5.75 Å². The maximum atomic E-state index is 8.72. The minimum absolute atomic E-state index is 0.0667. The number of rotatable bonds is 8. The standard InChI is InChI=1S/C17H27NO2/c1-17(2)12-14-8-7-9-15(16(14)20-17)13-18-10-5-3-4-6-11-19/h7-9,18-19H,3-6,10-13H2,1-2H3. The number of aliphatic hydroxyl groups excluding tert-OH is 1. The first-order chi connectivity index (χ1) is 9.62. The average molecular weight is 277 g/mol. The van der Waals surface area contributed by atoms with E-state index in [4.69, 9.17) is 9.84 Å². The summed E-state index contributed by atoms with van der Waals surface area (Å²) in [6.45, 7) is 6.51.